The van der Waals surface area contributed by atoms with Crippen LogP contribution in [0.1, 0.15) is 86.0 Å². The predicted molar refractivity (Wildman–Crippen MR) is 122 cm³/mol. The van der Waals surface area contributed by atoms with E-state index in [4.69, 9.17) is 0 Å². The molecule has 0 bridgehead atoms. The van der Waals surface area contributed by atoms with Gasteiger partial charge in [-0.3, -0.25) is 0 Å². The molecule has 0 aliphatic heterocycles. The van der Waals surface area contributed by atoms with Crippen molar-refractivity contribution in [2.75, 3.05) is 0 Å². The van der Waals surface area contributed by atoms with Crippen LogP contribution in [0.2, 0.25) is 0 Å². The highest BCUT2D eigenvalue weighted by Gasteiger charge is 2.37. The summed E-state index contributed by atoms with van der Waals surface area (Å²) in [5.74, 6) is 1.53. The van der Waals surface area contributed by atoms with Gasteiger partial charge in [-0.05, 0) is 79.3 Å². The zero-order valence-electron chi connectivity index (χ0n) is 19.3. The van der Waals surface area contributed by atoms with Gasteiger partial charge in [0.2, 0.25) is 0 Å². The predicted octanol–water partition coefficient (Wildman–Crippen LogP) is 5.56. The molecule has 6 atom stereocenters. The second kappa shape index (κ2) is 10.4. The molecule has 0 aromatic rings. The van der Waals surface area contributed by atoms with Gasteiger partial charge in [0.05, 0.1) is 18.3 Å². The summed E-state index contributed by atoms with van der Waals surface area (Å²) in [6, 6.07) is 0. The van der Waals surface area contributed by atoms with Crippen LogP contribution in [0, 0.1) is 23.2 Å². The van der Waals surface area contributed by atoms with Gasteiger partial charge < -0.3 is 15.3 Å². The molecule has 3 heteroatoms. The Bertz CT molecular complexity index is 617. The van der Waals surface area contributed by atoms with Crippen molar-refractivity contribution in [2.24, 2.45) is 23.2 Å². The fraction of sp³-hybridized carbons (Fsp3) is 0.769. The summed E-state index contributed by atoms with van der Waals surface area (Å²) >= 11 is 0. The molecule has 0 aromatic carbocycles. The molecule has 3 N–H and O–H groups in total. The molecule has 0 unspecified atom stereocenters. The molecule has 166 valence electrons. The van der Waals surface area contributed by atoms with E-state index >= 15 is 0 Å². The summed E-state index contributed by atoms with van der Waals surface area (Å²) in [6.45, 7) is 15.4. The lowest BCUT2D eigenvalue weighted by molar-refractivity contribution is 0.0773. The van der Waals surface area contributed by atoms with Gasteiger partial charge in [-0.2, -0.15) is 0 Å². The number of hydrogen-bond acceptors (Lipinski definition) is 3. The van der Waals surface area contributed by atoms with Gasteiger partial charge in [0.25, 0.3) is 0 Å². The maximum atomic E-state index is 10.2. The lowest BCUT2D eigenvalue weighted by Gasteiger charge is -2.43. The maximum Gasteiger partial charge on any atom is 0.0811 e. The Hall–Kier alpha value is -0.900. The third-order valence-corrected chi connectivity index (χ3v) is 7.80. The average Bonchev–Trinajstić information content (AvgIpc) is 2.66. The molecule has 0 spiro atoms. The van der Waals surface area contributed by atoms with Crippen LogP contribution in [0.15, 0.2) is 35.5 Å². The summed E-state index contributed by atoms with van der Waals surface area (Å²) in [5, 5.41) is 30.2. The molecule has 0 radical (unpaired) electrons. The van der Waals surface area contributed by atoms with E-state index in [1.165, 1.54) is 18.4 Å². The monoisotopic (exact) mass is 404 g/mol. The van der Waals surface area contributed by atoms with Crippen LogP contribution in [0.25, 0.3) is 0 Å². The molecular formula is C26H44O3. The average molecular weight is 405 g/mol. The first-order valence-electron chi connectivity index (χ1n) is 11.7. The molecule has 2 fully saturated rings. The topological polar surface area (TPSA) is 60.7 Å². The van der Waals surface area contributed by atoms with Crippen molar-refractivity contribution in [3.8, 4) is 0 Å². The third-order valence-electron chi connectivity index (χ3n) is 7.80. The highest BCUT2D eigenvalue weighted by molar-refractivity contribution is 5.38. The summed E-state index contributed by atoms with van der Waals surface area (Å²) in [6.07, 6.45) is 10.7. The fourth-order valence-electron chi connectivity index (χ4n) is 5.13. The van der Waals surface area contributed by atoms with Crippen molar-refractivity contribution in [3.05, 3.63) is 35.5 Å². The second-order valence-electron chi connectivity index (χ2n) is 10.5. The normalized spacial score (nSPS) is 34.6. The molecule has 0 aromatic heterocycles. The third kappa shape index (κ3) is 6.54. The molecule has 2 saturated carbocycles. The minimum atomic E-state index is -0.623. The highest BCUT2D eigenvalue weighted by atomic mass is 16.3. The lowest BCUT2D eigenvalue weighted by atomic mass is 9.62. The van der Waals surface area contributed by atoms with Crippen LogP contribution in [-0.2, 0) is 0 Å². The Kier molecular flexibility index (Phi) is 8.75. The molecule has 2 aliphatic rings. The summed E-state index contributed by atoms with van der Waals surface area (Å²) in [5.41, 5.74) is 3.50. The standard InChI is InChI=1S/C26H44O3/c1-17(2)24(28)12-9-18(3)20(5)26(6)13-7-8-21(16-26)10-11-22-14-23(27)15-25(29)19(22)4/h10-11,17-18,20,23-25,27-29H,4,7-9,12-16H2,1-3,5-6H3/b21-10+,22-11-/t18-,20-,23-,24-,25+,26+/m1/s1. The Morgan fingerprint density at radius 2 is 1.83 bits per heavy atom. The van der Waals surface area contributed by atoms with Crippen LogP contribution in [0.3, 0.4) is 0 Å². The van der Waals surface area contributed by atoms with Gasteiger partial charge in [0.1, 0.15) is 0 Å². The number of allylic oxidation sites excluding steroid dienone is 3. The van der Waals surface area contributed by atoms with Crippen LogP contribution < -0.4 is 0 Å². The summed E-state index contributed by atoms with van der Waals surface area (Å²) in [4.78, 5) is 0. The van der Waals surface area contributed by atoms with Crippen molar-refractivity contribution < 1.29 is 15.3 Å². The Morgan fingerprint density at radius 3 is 2.48 bits per heavy atom. The van der Waals surface area contributed by atoms with Crippen LogP contribution in [0.4, 0.5) is 0 Å². The van der Waals surface area contributed by atoms with E-state index < -0.39 is 12.2 Å². The molecule has 3 nitrogen and oxygen atoms in total. The number of aliphatic hydroxyl groups is 3. The van der Waals surface area contributed by atoms with Gasteiger partial charge in [-0.15, -0.1) is 0 Å². The number of aliphatic hydroxyl groups excluding tert-OH is 3. The van der Waals surface area contributed by atoms with Crippen molar-refractivity contribution in [3.63, 3.8) is 0 Å². The second-order valence-corrected chi connectivity index (χ2v) is 10.5. The highest BCUT2D eigenvalue weighted by Crippen LogP contribution is 2.48. The summed E-state index contributed by atoms with van der Waals surface area (Å²) < 4.78 is 0. The molecule has 2 aliphatic carbocycles. The maximum absolute atomic E-state index is 10.2. The van der Waals surface area contributed by atoms with E-state index in [2.05, 4.69) is 53.3 Å². The van der Waals surface area contributed by atoms with Gasteiger partial charge >= 0.3 is 0 Å². The molecule has 0 saturated heterocycles. The van der Waals surface area contributed by atoms with E-state index in [9.17, 15) is 15.3 Å². The minimum absolute atomic E-state index is 0.194. The zero-order chi connectivity index (χ0) is 21.8. The van der Waals surface area contributed by atoms with Crippen molar-refractivity contribution in [2.45, 2.75) is 104 Å². The number of hydrogen-bond donors (Lipinski definition) is 3. The van der Waals surface area contributed by atoms with Gasteiger partial charge in [-0.25, -0.2) is 0 Å². The van der Waals surface area contributed by atoms with Crippen molar-refractivity contribution in [1.82, 2.24) is 0 Å². The lowest BCUT2D eigenvalue weighted by Crippen LogP contribution is -2.33. The van der Waals surface area contributed by atoms with Gasteiger partial charge in [0.15, 0.2) is 0 Å². The fourth-order valence-corrected chi connectivity index (χ4v) is 5.13. The van der Waals surface area contributed by atoms with E-state index in [0.717, 1.165) is 36.8 Å². The quantitative estimate of drug-likeness (QED) is 0.520. The molecular weight excluding hydrogens is 360 g/mol. The zero-order valence-corrected chi connectivity index (χ0v) is 19.3. The SMILES string of the molecule is C=C1/C(=C\C=C2/CCC[C@](C)([C@H](C)[C@H](C)CC[C@@H](O)C(C)C)C2)C[C@@H](O)C[C@@H]1O. The van der Waals surface area contributed by atoms with E-state index in [-0.39, 0.29) is 11.5 Å². The van der Waals surface area contributed by atoms with Gasteiger partial charge in [0, 0.05) is 6.42 Å². The molecule has 29 heavy (non-hydrogen) atoms. The largest absolute Gasteiger partial charge is 0.393 e. The number of rotatable bonds is 7. The van der Waals surface area contributed by atoms with E-state index in [0.29, 0.717) is 30.6 Å². The molecule has 2 rings (SSSR count). The van der Waals surface area contributed by atoms with Crippen LogP contribution >= 0.6 is 0 Å². The smallest absolute Gasteiger partial charge is 0.0811 e. The van der Waals surface area contributed by atoms with E-state index in [1.807, 2.05) is 0 Å². The summed E-state index contributed by atoms with van der Waals surface area (Å²) in [7, 11) is 0. The molecule has 0 heterocycles. The first-order chi connectivity index (χ1) is 13.5. The Labute approximate surface area is 178 Å². The van der Waals surface area contributed by atoms with Gasteiger partial charge in [-0.1, -0.05) is 58.9 Å². The first kappa shape index (κ1) is 24.4. The van der Waals surface area contributed by atoms with Crippen molar-refractivity contribution >= 4 is 0 Å². The molecule has 0 amide bonds. The van der Waals surface area contributed by atoms with Crippen LogP contribution in [0.5, 0.6) is 0 Å². The van der Waals surface area contributed by atoms with Crippen LogP contribution in [-0.4, -0.2) is 33.6 Å². The van der Waals surface area contributed by atoms with Crippen molar-refractivity contribution in [1.29, 1.82) is 0 Å². The van der Waals surface area contributed by atoms with E-state index in [1.54, 1.807) is 0 Å². The first-order valence-corrected chi connectivity index (χ1v) is 11.7. The Morgan fingerprint density at radius 1 is 1.14 bits per heavy atom. The minimum Gasteiger partial charge on any atom is -0.393 e. The Balaban J connectivity index is 2.03.